The fourth-order valence-corrected chi connectivity index (χ4v) is 3.00. The van der Waals surface area contributed by atoms with E-state index >= 15 is 0 Å². The van der Waals surface area contributed by atoms with E-state index in [-0.39, 0.29) is 0 Å². The number of ether oxygens (including phenoxy) is 1. The van der Waals surface area contributed by atoms with Crippen molar-refractivity contribution in [3.8, 4) is 0 Å². The van der Waals surface area contributed by atoms with E-state index in [1.165, 1.54) is 37.9 Å². The summed E-state index contributed by atoms with van der Waals surface area (Å²) in [6, 6.07) is 11.4. The van der Waals surface area contributed by atoms with Gasteiger partial charge in [-0.15, -0.1) is 0 Å². The SMILES string of the molecule is c1ccc(CN2CCC(NCCCOCC3CC3)C2)cc1. The molecule has 1 aromatic carbocycles. The smallest absolute Gasteiger partial charge is 0.0494 e. The largest absolute Gasteiger partial charge is 0.381 e. The quantitative estimate of drug-likeness (QED) is 0.707. The Bertz CT molecular complexity index is 405. The Hall–Kier alpha value is -0.900. The average molecular weight is 288 g/mol. The Labute approximate surface area is 128 Å². The molecule has 0 amide bonds. The molecule has 0 spiro atoms. The van der Waals surface area contributed by atoms with Crippen LogP contribution >= 0.6 is 0 Å². The van der Waals surface area contributed by atoms with Gasteiger partial charge in [-0.1, -0.05) is 30.3 Å². The predicted octanol–water partition coefficient (Wildman–Crippen LogP) is 2.67. The lowest BCUT2D eigenvalue weighted by Gasteiger charge is -2.16. The van der Waals surface area contributed by atoms with Gasteiger partial charge in [0, 0.05) is 38.9 Å². The van der Waals surface area contributed by atoms with E-state index in [4.69, 9.17) is 4.74 Å². The first-order valence-corrected chi connectivity index (χ1v) is 8.47. The molecule has 21 heavy (non-hydrogen) atoms. The highest BCUT2D eigenvalue weighted by Crippen LogP contribution is 2.28. The zero-order chi connectivity index (χ0) is 14.3. The van der Waals surface area contributed by atoms with E-state index in [1.54, 1.807) is 0 Å². The zero-order valence-corrected chi connectivity index (χ0v) is 13.0. The van der Waals surface area contributed by atoms with Crippen molar-refractivity contribution in [1.29, 1.82) is 0 Å². The summed E-state index contributed by atoms with van der Waals surface area (Å²) >= 11 is 0. The molecule has 1 aromatic rings. The van der Waals surface area contributed by atoms with Crippen LogP contribution in [-0.4, -0.2) is 43.8 Å². The van der Waals surface area contributed by atoms with Crippen molar-refractivity contribution >= 4 is 0 Å². The summed E-state index contributed by atoms with van der Waals surface area (Å²) in [6.07, 6.45) is 5.19. The lowest BCUT2D eigenvalue weighted by molar-refractivity contribution is 0.121. The van der Waals surface area contributed by atoms with Crippen LogP contribution in [0.25, 0.3) is 0 Å². The van der Waals surface area contributed by atoms with Crippen molar-refractivity contribution in [2.75, 3.05) is 32.8 Å². The molecule has 1 saturated heterocycles. The lowest BCUT2D eigenvalue weighted by atomic mass is 10.2. The Kier molecular flexibility index (Phi) is 5.67. The highest BCUT2D eigenvalue weighted by atomic mass is 16.5. The minimum Gasteiger partial charge on any atom is -0.381 e. The number of nitrogens with zero attached hydrogens (tertiary/aromatic N) is 1. The standard InChI is InChI=1S/C18H28N2O/c1-2-5-16(6-3-1)13-20-11-9-18(14-20)19-10-4-12-21-15-17-7-8-17/h1-3,5-6,17-19H,4,7-15H2. The third kappa shape index (κ3) is 5.42. The number of hydrogen-bond acceptors (Lipinski definition) is 3. The minimum absolute atomic E-state index is 0.664. The van der Waals surface area contributed by atoms with E-state index in [1.807, 2.05) is 0 Å². The van der Waals surface area contributed by atoms with Crippen LogP contribution in [0.1, 0.15) is 31.2 Å². The number of benzene rings is 1. The minimum atomic E-state index is 0.664. The van der Waals surface area contributed by atoms with Crippen LogP contribution in [0.3, 0.4) is 0 Å². The molecule has 1 saturated carbocycles. The molecule has 1 atom stereocenters. The van der Waals surface area contributed by atoms with Crippen molar-refractivity contribution in [3.05, 3.63) is 35.9 Å². The Morgan fingerprint density at radius 3 is 2.81 bits per heavy atom. The molecule has 0 bridgehead atoms. The second-order valence-corrected chi connectivity index (χ2v) is 6.53. The molecule has 1 heterocycles. The van der Waals surface area contributed by atoms with Gasteiger partial charge in [-0.25, -0.2) is 0 Å². The molecule has 1 aliphatic heterocycles. The molecule has 3 rings (SSSR count). The van der Waals surface area contributed by atoms with Crippen molar-refractivity contribution in [3.63, 3.8) is 0 Å². The summed E-state index contributed by atoms with van der Waals surface area (Å²) in [5.74, 6) is 0.888. The number of likely N-dealkylation sites (tertiary alicyclic amines) is 1. The monoisotopic (exact) mass is 288 g/mol. The van der Waals surface area contributed by atoms with Crippen molar-refractivity contribution in [2.24, 2.45) is 5.92 Å². The third-order valence-electron chi connectivity index (χ3n) is 4.47. The van der Waals surface area contributed by atoms with Crippen LogP contribution in [0.4, 0.5) is 0 Å². The number of nitrogens with one attached hydrogen (secondary N) is 1. The van der Waals surface area contributed by atoms with E-state index in [0.29, 0.717) is 6.04 Å². The summed E-state index contributed by atoms with van der Waals surface area (Å²) in [7, 11) is 0. The molecule has 2 fully saturated rings. The first-order valence-electron chi connectivity index (χ1n) is 8.47. The molecule has 3 heteroatoms. The Balaban J connectivity index is 1.24. The molecular weight excluding hydrogens is 260 g/mol. The van der Waals surface area contributed by atoms with Crippen molar-refractivity contribution in [2.45, 2.75) is 38.3 Å². The summed E-state index contributed by atoms with van der Waals surface area (Å²) < 4.78 is 5.67. The fourth-order valence-electron chi connectivity index (χ4n) is 3.00. The number of rotatable bonds is 9. The first-order chi connectivity index (χ1) is 10.4. The van der Waals surface area contributed by atoms with Gasteiger partial charge in [0.1, 0.15) is 0 Å². The summed E-state index contributed by atoms with van der Waals surface area (Å²) in [6.45, 7) is 6.48. The molecule has 3 nitrogen and oxygen atoms in total. The van der Waals surface area contributed by atoms with E-state index in [2.05, 4.69) is 40.5 Å². The summed E-state index contributed by atoms with van der Waals surface area (Å²) in [5, 5.41) is 3.68. The second-order valence-electron chi connectivity index (χ2n) is 6.53. The van der Waals surface area contributed by atoms with Gasteiger partial charge in [0.2, 0.25) is 0 Å². The van der Waals surface area contributed by atoms with E-state index < -0.39 is 0 Å². The van der Waals surface area contributed by atoms with Crippen LogP contribution in [-0.2, 0) is 11.3 Å². The molecule has 0 radical (unpaired) electrons. The van der Waals surface area contributed by atoms with Gasteiger partial charge in [0.15, 0.2) is 0 Å². The molecule has 1 aliphatic carbocycles. The lowest BCUT2D eigenvalue weighted by Crippen LogP contribution is -2.33. The van der Waals surface area contributed by atoms with Crippen molar-refractivity contribution < 1.29 is 4.74 Å². The highest BCUT2D eigenvalue weighted by Gasteiger charge is 2.22. The molecule has 116 valence electrons. The summed E-state index contributed by atoms with van der Waals surface area (Å²) in [5.41, 5.74) is 1.42. The van der Waals surface area contributed by atoms with Gasteiger partial charge < -0.3 is 10.1 Å². The molecule has 1 unspecified atom stereocenters. The van der Waals surface area contributed by atoms with Gasteiger partial charge in [-0.3, -0.25) is 4.90 Å². The van der Waals surface area contributed by atoms with Gasteiger partial charge >= 0.3 is 0 Å². The maximum absolute atomic E-state index is 5.67. The topological polar surface area (TPSA) is 24.5 Å². The average Bonchev–Trinajstić information content (AvgIpc) is 3.23. The van der Waals surface area contributed by atoms with Crippen LogP contribution in [0, 0.1) is 5.92 Å². The van der Waals surface area contributed by atoms with Gasteiger partial charge in [-0.2, -0.15) is 0 Å². The maximum Gasteiger partial charge on any atom is 0.0494 e. The fraction of sp³-hybridized carbons (Fsp3) is 0.667. The van der Waals surface area contributed by atoms with Gasteiger partial charge in [-0.05, 0) is 43.7 Å². The zero-order valence-electron chi connectivity index (χ0n) is 13.0. The van der Waals surface area contributed by atoms with Crippen LogP contribution in [0.5, 0.6) is 0 Å². The second kappa shape index (κ2) is 7.92. The Morgan fingerprint density at radius 2 is 2.00 bits per heavy atom. The normalized spacial score (nSPS) is 22.8. The molecule has 2 aliphatic rings. The van der Waals surface area contributed by atoms with E-state index in [0.717, 1.165) is 38.6 Å². The van der Waals surface area contributed by atoms with Crippen LogP contribution < -0.4 is 5.32 Å². The summed E-state index contributed by atoms with van der Waals surface area (Å²) in [4.78, 5) is 2.55. The highest BCUT2D eigenvalue weighted by molar-refractivity contribution is 5.14. The van der Waals surface area contributed by atoms with Crippen LogP contribution in [0.15, 0.2) is 30.3 Å². The van der Waals surface area contributed by atoms with Crippen LogP contribution in [0.2, 0.25) is 0 Å². The molecular formula is C18H28N2O. The Morgan fingerprint density at radius 1 is 1.14 bits per heavy atom. The first kappa shape index (κ1) is 15.0. The van der Waals surface area contributed by atoms with E-state index in [9.17, 15) is 0 Å². The van der Waals surface area contributed by atoms with Crippen molar-refractivity contribution in [1.82, 2.24) is 10.2 Å². The predicted molar refractivity (Wildman–Crippen MR) is 86.3 cm³/mol. The van der Waals surface area contributed by atoms with Gasteiger partial charge in [0.05, 0.1) is 0 Å². The maximum atomic E-state index is 5.67. The third-order valence-corrected chi connectivity index (χ3v) is 4.47. The van der Waals surface area contributed by atoms with Gasteiger partial charge in [0.25, 0.3) is 0 Å². The number of hydrogen-bond donors (Lipinski definition) is 1. The molecule has 1 N–H and O–H groups in total. The molecule has 0 aromatic heterocycles.